The van der Waals surface area contributed by atoms with E-state index in [4.69, 9.17) is 4.74 Å². The molecule has 2 aliphatic heterocycles. The third kappa shape index (κ3) is 1.12. The van der Waals surface area contributed by atoms with E-state index >= 15 is 0 Å². The zero-order chi connectivity index (χ0) is 8.55. The van der Waals surface area contributed by atoms with Crippen LogP contribution in [0.3, 0.4) is 0 Å². The number of carbonyl (C=O) groups excluding carboxylic acids is 1. The predicted molar refractivity (Wildman–Crippen MR) is 44.8 cm³/mol. The molecule has 0 spiro atoms. The number of rotatable bonds is 1. The lowest BCUT2D eigenvalue weighted by Gasteiger charge is -2.20. The van der Waals surface area contributed by atoms with Crippen LogP contribution in [0.15, 0.2) is 0 Å². The molecule has 68 valence electrons. The van der Waals surface area contributed by atoms with Gasteiger partial charge in [-0.3, -0.25) is 9.69 Å². The maximum atomic E-state index is 11.3. The first-order valence-corrected chi connectivity index (χ1v) is 4.66. The zero-order valence-electron chi connectivity index (χ0n) is 7.45. The van der Waals surface area contributed by atoms with E-state index in [-0.39, 0.29) is 12.0 Å². The number of nitrogens with zero attached hydrogens (tertiary/aromatic N) is 1. The van der Waals surface area contributed by atoms with Gasteiger partial charge in [0.2, 0.25) is 0 Å². The second kappa shape index (κ2) is 3.05. The molecule has 0 aromatic rings. The SMILES string of the molecule is COC(=O)[C@@H]1CC[C@H]2CCCN21. The second-order valence-corrected chi connectivity index (χ2v) is 3.65. The maximum absolute atomic E-state index is 11.3. The third-order valence-corrected chi connectivity index (χ3v) is 3.07. The minimum absolute atomic E-state index is 0.0422. The van der Waals surface area contributed by atoms with Gasteiger partial charge in [0.25, 0.3) is 0 Å². The fourth-order valence-electron chi connectivity index (χ4n) is 2.48. The van der Waals surface area contributed by atoms with Crippen LogP contribution in [0, 0.1) is 0 Å². The Balaban J connectivity index is 2.04. The van der Waals surface area contributed by atoms with E-state index in [9.17, 15) is 4.79 Å². The summed E-state index contributed by atoms with van der Waals surface area (Å²) in [5.41, 5.74) is 0. The fraction of sp³-hybridized carbons (Fsp3) is 0.889. The molecule has 2 fully saturated rings. The van der Waals surface area contributed by atoms with Gasteiger partial charge >= 0.3 is 5.97 Å². The van der Waals surface area contributed by atoms with Gasteiger partial charge in [0.15, 0.2) is 0 Å². The lowest BCUT2D eigenvalue weighted by molar-refractivity contribution is -0.145. The van der Waals surface area contributed by atoms with E-state index in [1.54, 1.807) is 0 Å². The lowest BCUT2D eigenvalue weighted by Crippen LogP contribution is -2.37. The largest absolute Gasteiger partial charge is 0.468 e. The van der Waals surface area contributed by atoms with Crippen molar-refractivity contribution in [2.75, 3.05) is 13.7 Å². The topological polar surface area (TPSA) is 29.5 Å². The van der Waals surface area contributed by atoms with E-state index in [1.165, 1.54) is 26.4 Å². The molecule has 12 heavy (non-hydrogen) atoms. The molecular formula is C9H15NO2. The lowest BCUT2D eigenvalue weighted by atomic mass is 10.1. The third-order valence-electron chi connectivity index (χ3n) is 3.07. The highest BCUT2D eigenvalue weighted by Gasteiger charge is 2.40. The van der Waals surface area contributed by atoms with Crippen LogP contribution in [0.25, 0.3) is 0 Å². The van der Waals surface area contributed by atoms with Gasteiger partial charge < -0.3 is 4.74 Å². The average molecular weight is 169 g/mol. The number of carbonyl (C=O) groups is 1. The number of methoxy groups -OCH3 is 1. The molecule has 0 N–H and O–H groups in total. The van der Waals surface area contributed by atoms with Crippen molar-refractivity contribution in [2.45, 2.75) is 37.8 Å². The first-order valence-electron chi connectivity index (χ1n) is 4.66. The molecule has 2 atom stereocenters. The van der Waals surface area contributed by atoms with Crippen LogP contribution in [0.2, 0.25) is 0 Å². The monoisotopic (exact) mass is 169 g/mol. The van der Waals surface area contributed by atoms with Crippen molar-refractivity contribution in [3.05, 3.63) is 0 Å². The number of hydrogen-bond donors (Lipinski definition) is 0. The van der Waals surface area contributed by atoms with Crippen molar-refractivity contribution in [3.63, 3.8) is 0 Å². The van der Waals surface area contributed by atoms with Gasteiger partial charge in [-0.2, -0.15) is 0 Å². The first-order chi connectivity index (χ1) is 5.83. The van der Waals surface area contributed by atoms with Gasteiger partial charge in [0.1, 0.15) is 6.04 Å². The summed E-state index contributed by atoms with van der Waals surface area (Å²) in [4.78, 5) is 13.6. The molecule has 0 aromatic heterocycles. The number of hydrogen-bond acceptors (Lipinski definition) is 3. The molecule has 2 heterocycles. The normalized spacial score (nSPS) is 35.1. The van der Waals surface area contributed by atoms with E-state index in [0.29, 0.717) is 6.04 Å². The highest BCUT2D eigenvalue weighted by atomic mass is 16.5. The summed E-state index contributed by atoms with van der Waals surface area (Å²) in [6.45, 7) is 1.09. The molecule has 0 amide bonds. The molecule has 0 aliphatic carbocycles. The smallest absolute Gasteiger partial charge is 0.323 e. The summed E-state index contributed by atoms with van der Waals surface area (Å²) < 4.78 is 4.76. The Morgan fingerprint density at radius 3 is 3.00 bits per heavy atom. The van der Waals surface area contributed by atoms with Crippen LogP contribution in [0.5, 0.6) is 0 Å². The van der Waals surface area contributed by atoms with Crippen molar-refractivity contribution in [1.82, 2.24) is 4.90 Å². The predicted octanol–water partition coefficient (Wildman–Crippen LogP) is 0.786. The molecular weight excluding hydrogens is 154 g/mol. The maximum Gasteiger partial charge on any atom is 0.323 e. The van der Waals surface area contributed by atoms with Gasteiger partial charge in [0.05, 0.1) is 7.11 Å². The molecule has 0 unspecified atom stereocenters. The standard InChI is InChI=1S/C9H15NO2/c1-12-9(11)8-5-4-7-3-2-6-10(7)8/h7-8H,2-6H2,1H3/t7-,8+/m1/s1. The zero-order valence-corrected chi connectivity index (χ0v) is 7.45. The summed E-state index contributed by atoms with van der Waals surface area (Å²) in [7, 11) is 1.48. The fourth-order valence-corrected chi connectivity index (χ4v) is 2.48. The highest BCUT2D eigenvalue weighted by Crippen LogP contribution is 2.32. The molecule has 3 nitrogen and oxygen atoms in total. The van der Waals surface area contributed by atoms with Crippen molar-refractivity contribution >= 4 is 5.97 Å². The average Bonchev–Trinajstić information content (AvgIpc) is 2.62. The Kier molecular flexibility index (Phi) is 2.05. The Bertz CT molecular complexity index is 193. The summed E-state index contributed by atoms with van der Waals surface area (Å²) in [5.74, 6) is -0.0422. The van der Waals surface area contributed by atoms with E-state index in [0.717, 1.165) is 13.0 Å². The van der Waals surface area contributed by atoms with Crippen molar-refractivity contribution in [1.29, 1.82) is 0 Å². The van der Waals surface area contributed by atoms with Crippen molar-refractivity contribution in [2.24, 2.45) is 0 Å². The summed E-state index contributed by atoms with van der Waals surface area (Å²) in [5, 5.41) is 0. The minimum Gasteiger partial charge on any atom is -0.468 e. The van der Waals surface area contributed by atoms with Gasteiger partial charge in [-0.05, 0) is 32.2 Å². The van der Waals surface area contributed by atoms with Crippen LogP contribution in [0.1, 0.15) is 25.7 Å². The van der Waals surface area contributed by atoms with Gasteiger partial charge in [-0.1, -0.05) is 0 Å². The number of fused-ring (bicyclic) bond motifs is 1. The van der Waals surface area contributed by atoms with Gasteiger partial charge in [-0.25, -0.2) is 0 Å². The molecule has 2 aliphatic rings. The molecule has 0 radical (unpaired) electrons. The highest BCUT2D eigenvalue weighted by molar-refractivity contribution is 5.76. The quantitative estimate of drug-likeness (QED) is 0.543. The Labute approximate surface area is 72.7 Å². The number of esters is 1. The summed E-state index contributed by atoms with van der Waals surface area (Å²) >= 11 is 0. The van der Waals surface area contributed by atoms with Gasteiger partial charge in [-0.15, -0.1) is 0 Å². The van der Waals surface area contributed by atoms with Gasteiger partial charge in [0, 0.05) is 6.04 Å². The van der Waals surface area contributed by atoms with Crippen molar-refractivity contribution in [3.8, 4) is 0 Å². The summed E-state index contributed by atoms with van der Waals surface area (Å²) in [6, 6.07) is 0.747. The summed E-state index contributed by atoms with van der Waals surface area (Å²) in [6.07, 6.45) is 4.70. The van der Waals surface area contributed by atoms with Crippen molar-refractivity contribution < 1.29 is 9.53 Å². The van der Waals surface area contributed by atoms with Crippen LogP contribution in [-0.4, -0.2) is 36.6 Å². The second-order valence-electron chi connectivity index (χ2n) is 3.65. The van der Waals surface area contributed by atoms with Crippen LogP contribution >= 0.6 is 0 Å². The molecule has 2 rings (SSSR count). The minimum atomic E-state index is -0.0422. The van der Waals surface area contributed by atoms with E-state index < -0.39 is 0 Å². The Morgan fingerprint density at radius 2 is 2.25 bits per heavy atom. The van der Waals surface area contributed by atoms with Crippen LogP contribution in [-0.2, 0) is 9.53 Å². The van der Waals surface area contributed by atoms with E-state index in [2.05, 4.69) is 4.90 Å². The Morgan fingerprint density at radius 1 is 1.42 bits per heavy atom. The Hall–Kier alpha value is -0.570. The molecule has 2 saturated heterocycles. The molecule has 0 aromatic carbocycles. The molecule has 0 bridgehead atoms. The number of ether oxygens (including phenoxy) is 1. The van der Waals surface area contributed by atoms with Crippen LogP contribution in [0.4, 0.5) is 0 Å². The molecule has 3 heteroatoms. The van der Waals surface area contributed by atoms with Crippen LogP contribution < -0.4 is 0 Å². The first kappa shape index (κ1) is 8.05. The molecule has 0 saturated carbocycles. The van der Waals surface area contributed by atoms with E-state index in [1.807, 2.05) is 0 Å².